The van der Waals surface area contributed by atoms with Crippen LogP contribution < -0.4 is 19.5 Å². The molecule has 7 nitrogen and oxygen atoms in total. The van der Waals surface area contributed by atoms with Gasteiger partial charge in [-0.1, -0.05) is 6.07 Å². The number of rotatable bonds is 6. The molecule has 3 aromatic carbocycles. The Balaban J connectivity index is 1.47. The normalized spacial score (nSPS) is 12.8. The number of anilines is 1. The fraction of sp³-hybridized carbons (Fsp3) is 0.136. The van der Waals surface area contributed by atoms with Gasteiger partial charge in [-0.2, -0.15) is 0 Å². The largest absolute Gasteiger partial charge is 0.486 e. The molecule has 0 unspecified atom stereocenters. The topological polar surface area (TPSA) is 93.7 Å². The molecular formula is C22H18F2N2O5S. The molecule has 0 bridgehead atoms. The first kappa shape index (κ1) is 21.6. The van der Waals surface area contributed by atoms with E-state index in [4.69, 9.17) is 9.47 Å². The number of carbonyl (C=O) groups is 1. The summed E-state index contributed by atoms with van der Waals surface area (Å²) in [7, 11) is -3.95. The number of carbonyl (C=O) groups excluding carboxylic acids is 1. The summed E-state index contributed by atoms with van der Waals surface area (Å²) in [5.41, 5.74) is 0.597. The molecule has 4 rings (SSSR count). The number of halogens is 2. The zero-order valence-corrected chi connectivity index (χ0v) is 17.4. The van der Waals surface area contributed by atoms with Gasteiger partial charge in [0.05, 0.1) is 4.90 Å². The van der Waals surface area contributed by atoms with Crippen LogP contribution in [-0.2, 0) is 16.6 Å². The maximum Gasteiger partial charge on any atom is 0.262 e. The minimum atomic E-state index is -3.95. The lowest BCUT2D eigenvalue weighted by Crippen LogP contribution is -2.23. The van der Waals surface area contributed by atoms with Crippen molar-refractivity contribution in [3.63, 3.8) is 0 Å². The smallest absolute Gasteiger partial charge is 0.262 e. The van der Waals surface area contributed by atoms with E-state index in [9.17, 15) is 22.0 Å². The van der Waals surface area contributed by atoms with Crippen LogP contribution in [0.25, 0.3) is 0 Å². The first-order chi connectivity index (χ1) is 15.3. The fourth-order valence-electron chi connectivity index (χ4n) is 3.13. The van der Waals surface area contributed by atoms with Crippen molar-refractivity contribution in [2.75, 3.05) is 17.9 Å². The second-order valence-corrected chi connectivity index (χ2v) is 8.63. The Morgan fingerprint density at radius 2 is 1.62 bits per heavy atom. The third-order valence-corrected chi connectivity index (χ3v) is 5.96. The van der Waals surface area contributed by atoms with Crippen molar-refractivity contribution < 1.29 is 31.5 Å². The second-order valence-electron chi connectivity index (χ2n) is 6.95. The van der Waals surface area contributed by atoms with Crippen LogP contribution in [0, 0.1) is 11.6 Å². The molecule has 0 aliphatic carbocycles. The van der Waals surface area contributed by atoms with Gasteiger partial charge < -0.3 is 14.8 Å². The third-order valence-electron chi connectivity index (χ3n) is 4.58. The molecule has 3 aromatic rings. The molecule has 1 aliphatic heterocycles. The number of hydrogen-bond acceptors (Lipinski definition) is 5. The van der Waals surface area contributed by atoms with E-state index >= 15 is 0 Å². The number of amides is 1. The lowest BCUT2D eigenvalue weighted by Gasteiger charge is -2.19. The molecule has 1 heterocycles. The minimum Gasteiger partial charge on any atom is -0.486 e. The van der Waals surface area contributed by atoms with Gasteiger partial charge in [0, 0.05) is 29.9 Å². The average Bonchev–Trinajstić information content (AvgIpc) is 2.76. The predicted octanol–water partition coefficient (Wildman–Crippen LogP) is 3.47. The van der Waals surface area contributed by atoms with Gasteiger partial charge in [-0.25, -0.2) is 17.2 Å². The number of ether oxygens (including phenoxy) is 2. The molecule has 0 fully saturated rings. The highest BCUT2D eigenvalue weighted by Gasteiger charge is 2.20. The fourth-order valence-corrected chi connectivity index (χ4v) is 4.19. The Bertz CT molecular complexity index is 1260. The Morgan fingerprint density at radius 1 is 0.906 bits per heavy atom. The van der Waals surface area contributed by atoms with Crippen molar-refractivity contribution in [2.24, 2.45) is 0 Å². The quantitative estimate of drug-likeness (QED) is 0.588. The summed E-state index contributed by atoms with van der Waals surface area (Å²) in [6, 6.07) is 13.1. The molecule has 0 saturated carbocycles. The van der Waals surface area contributed by atoms with E-state index in [0.29, 0.717) is 24.7 Å². The van der Waals surface area contributed by atoms with Gasteiger partial charge >= 0.3 is 0 Å². The standard InChI is InChI=1S/C22H18F2N2O5S/c23-16-8-14(9-17(24)11-16)13-25-22(27)15-2-1-3-18(10-15)26-32(28,29)19-4-5-20-21(12-19)31-7-6-30-20/h1-5,8-12,26H,6-7,13H2,(H,25,27). The first-order valence-corrected chi connectivity index (χ1v) is 11.0. The highest BCUT2D eigenvalue weighted by molar-refractivity contribution is 7.92. The number of hydrogen-bond donors (Lipinski definition) is 2. The van der Waals surface area contributed by atoms with E-state index in [1.807, 2.05) is 0 Å². The van der Waals surface area contributed by atoms with Gasteiger partial charge in [-0.3, -0.25) is 9.52 Å². The van der Waals surface area contributed by atoms with Gasteiger partial charge in [-0.15, -0.1) is 0 Å². The lowest BCUT2D eigenvalue weighted by atomic mass is 10.1. The Labute approximate surface area is 183 Å². The van der Waals surface area contributed by atoms with Crippen LogP contribution in [0.15, 0.2) is 65.6 Å². The Morgan fingerprint density at radius 3 is 2.38 bits per heavy atom. The van der Waals surface area contributed by atoms with E-state index in [1.54, 1.807) is 0 Å². The zero-order chi connectivity index (χ0) is 22.7. The van der Waals surface area contributed by atoms with Crippen LogP contribution >= 0.6 is 0 Å². The van der Waals surface area contributed by atoms with E-state index < -0.39 is 27.6 Å². The van der Waals surface area contributed by atoms with Crippen molar-refractivity contribution in [3.05, 3.63) is 83.4 Å². The predicted molar refractivity (Wildman–Crippen MR) is 112 cm³/mol. The van der Waals surface area contributed by atoms with Crippen molar-refractivity contribution in [1.29, 1.82) is 0 Å². The molecule has 0 atom stereocenters. The molecule has 10 heteroatoms. The summed E-state index contributed by atoms with van der Waals surface area (Å²) in [4.78, 5) is 12.4. The van der Waals surface area contributed by atoms with Crippen LogP contribution in [0.4, 0.5) is 14.5 Å². The molecule has 1 amide bonds. The summed E-state index contributed by atoms with van der Waals surface area (Å²) < 4.78 is 65.3. The van der Waals surface area contributed by atoms with Crippen molar-refractivity contribution in [1.82, 2.24) is 5.32 Å². The molecule has 0 radical (unpaired) electrons. The van der Waals surface area contributed by atoms with Crippen LogP contribution in [0.5, 0.6) is 11.5 Å². The second kappa shape index (κ2) is 8.83. The average molecular weight is 460 g/mol. The molecule has 0 saturated heterocycles. The maximum atomic E-state index is 13.3. The maximum absolute atomic E-state index is 13.3. The van der Waals surface area contributed by atoms with Gasteiger partial charge in [0.1, 0.15) is 24.8 Å². The van der Waals surface area contributed by atoms with Crippen LogP contribution in [0.2, 0.25) is 0 Å². The Kier molecular flexibility index (Phi) is 5.95. The number of sulfonamides is 1. The number of benzene rings is 3. The number of nitrogens with one attached hydrogen (secondary N) is 2. The van der Waals surface area contributed by atoms with Crippen LogP contribution in [-0.4, -0.2) is 27.5 Å². The van der Waals surface area contributed by atoms with Gasteiger partial charge in [0.25, 0.3) is 15.9 Å². The molecule has 1 aliphatic rings. The lowest BCUT2D eigenvalue weighted by molar-refractivity contribution is 0.0950. The van der Waals surface area contributed by atoms with E-state index in [-0.39, 0.29) is 28.3 Å². The zero-order valence-electron chi connectivity index (χ0n) is 16.6. The molecule has 0 spiro atoms. The summed E-state index contributed by atoms with van der Waals surface area (Å²) in [5.74, 6) is -1.22. The number of fused-ring (bicyclic) bond motifs is 1. The minimum absolute atomic E-state index is 0.0234. The van der Waals surface area contributed by atoms with Gasteiger partial charge in [0.2, 0.25) is 0 Å². The highest BCUT2D eigenvalue weighted by atomic mass is 32.2. The summed E-state index contributed by atoms with van der Waals surface area (Å²) >= 11 is 0. The van der Waals surface area contributed by atoms with Crippen LogP contribution in [0.1, 0.15) is 15.9 Å². The molecule has 2 N–H and O–H groups in total. The van der Waals surface area contributed by atoms with Crippen LogP contribution in [0.3, 0.4) is 0 Å². The molecular weight excluding hydrogens is 442 g/mol. The van der Waals surface area contributed by atoms with E-state index in [2.05, 4.69) is 10.0 Å². The first-order valence-electron chi connectivity index (χ1n) is 9.56. The molecule has 32 heavy (non-hydrogen) atoms. The van der Waals surface area contributed by atoms with Crippen molar-refractivity contribution >= 4 is 21.6 Å². The van der Waals surface area contributed by atoms with Crippen molar-refractivity contribution in [2.45, 2.75) is 11.4 Å². The van der Waals surface area contributed by atoms with Gasteiger partial charge in [0.15, 0.2) is 11.5 Å². The van der Waals surface area contributed by atoms with E-state index in [1.165, 1.54) is 42.5 Å². The van der Waals surface area contributed by atoms with E-state index in [0.717, 1.165) is 18.2 Å². The summed E-state index contributed by atoms with van der Waals surface area (Å²) in [5, 5.41) is 2.55. The summed E-state index contributed by atoms with van der Waals surface area (Å²) in [6.45, 7) is 0.615. The highest BCUT2D eigenvalue weighted by Crippen LogP contribution is 2.32. The Hall–Kier alpha value is -3.66. The van der Waals surface area contributed by atoms with Crippen molar-refractivity contribution in [3.8, 4) is 11.5 Å². The third kappa shape index (κ3) is 4.97. The monoisotopic (exact) mass is 460 g/mol. The SMILES string of the molecule is O=C(NCc1cc(F)cc(F)c1)c1cccc(NS(=O)(=O)c2ccc3c(c2)OCCO3)c1. The van der Waals surface area contributed by atoms with Gasteiger partial charge in [-0.05, 0) is 48.0 Å². The molecule has 166 valence electrons. The molecule has 0 aromatic heterocycles. The summed E-state index contributed by atoms with van der Waals surface area (Å²) in [6.07, 6.45) is 0.